The lowest BCUT2D eigenvalue weighted by Gasteiger charge is -2.26. The summed E-state index contributed by atoms with van der Waals surface area (Å²) in [6.07, 6.45) is 2.03. The van der Waals surface area contributed by atoms with Crippen molar-refractivity contribution in [3.05, 3.63) is 63.1 Å². The third-order valence-electron chi connectivity index (χ3n) is 5.08. The van der Waals surface area contributed by atoms with Crippen molar-refractivity contribution < 1.29 is 19.8 Å². The largest absolute Gasteiger partial charge is 0.508 e. The number of hydrogen-bond donors (Lipinski definition) is 4. The fourth-order valence-corrected chi connectivity index (χ4v) is 4.20. The zero-order valence-corrected chi connectivity index (χ0v) is 17.1. The summed E-state index contributed by atoms with van der Waals surface area (Å²) >= 11 is 12.1. The van der Waals surface area contributed by atoms with Crippen molar-refractivity contribution in [2.75, 3.05) is 13.1 Å². The molecule has 1 heterocycles. The molecule has 6 nitrogen and oxygen atoms in total. The minimum atomic E-state index is -1.17. The molecular formula is C21H22Cl2N2O4. The van der Waals surface area contributed by atoms with Gasteiger partial charge < -0.3 is 20.8 Å². The van der Waals surface area contributed by atoms with Crippen molar-refractivity contribution in [2.24, 2.45) is 0 Å². The van der Waals surface area contributed by atoms with E-state index in [1.807, 2.05) is 0 Å². The summed E-state index contributed by atoms with van der Waals surface area (Å²) in [5.74, 6) is -1.50. The highest BCUT2D eigenvalue weighted by atomic mass is 35.5. The van der Waals surface area contributed by atoms with Crippen LogP contribution in [0, 0.1) is 0 Å². The summed E-state index contributed by atoms with van der Waals surface area (Å²) in [5, 5.41) is 25.8. The molecule has 2 atom stereocenters. The highest BCUT2D eigenvalue weighted by molar-refractivity contribution is 6.39. The van der Waals surface area contributed by atoms with Crippen molar-refractivity contribution in [3.8, 4) is 5.75 Å². The van der Waals surface area contributed by atoms with Gasteiger partial charge in [-0.2, -0.15) is 0 Å². The lowest BCUT2D eigenvalue weighted by molar-refractivity contribution is -0.139. The lowest BCUT2D eigenvalue weighted by atomic mass is 9.86. The minimum absolute atomic E-state index is 0.0458. The van der Waals surface area contributed by atoms with Crippen molar-refractivity contribution in [1.82, 2.24) is 10.6 Å². The second kappa shape index (κ2) is 9.48. The van der Waals surface area contributed by atoms with E-state index in [0.717, 1.165) is 37.1 Å². The summed E-state index contributed by atoms with van der Waals surface area (Å²) < 4.78 is 0. The second-order valence-corrected chi connectivity index (χ2v) is 7.91. The van der Waals surface area contributed by atoms with Crippen LogP contribution in [-0.2, 0) is 11.2 Å². The molecule has 0 aliphatic carbocycles. The van der Waals surface area contributed by atoms with Crippen LogP contribution in [0.4, 0.5) is 0 Å². The molecule has 154 valence electrons. The maximum atomic E-state index is 12.6. The molecule has 0 radical (unpaired) electrons. The van der Waals surface area contributed by atoms with Gasteiger partial charge in [0.25, 0.3) is 5.91 Å². The van der Waals surface area contributed by atoms with Crippen LogP contribution in [0.1, 0.15) is 40.2 Å². The SMILES string of the molecule is O=C(N[C@@H](Cc1ccc(O)cc1C1CCCNC1)C(=O)O)c1c(Cl)cccc1Cl. The second-order valence-electron chi connectivity index (χ2n) is 7.09. The molecule has 2 aromatic carbocycles. The monoisotopic (exact) mass is 436 g/mol. The normalized spacial score (nSPS) is 17.5. The Balaban J connectivity index is 1.84. The number of aromatic hydroxyl groups is 1. The van der Waals surface area contributed by atoms with Gasteiger partial charge in [0, 0.05) is 13.0 Å². The number of carbonyl (C=O) groups is 2. The third-order valence-corrected chi connectivity index (χ3v) is 5.71. The van der Waals surface area contributed by atoms with Gasteiger partial charge in [-0.25, -0.2) is 4.79 Å². The molecule has 1 amide bonds. The van der Waals surface area contributed by atoms with Crippen LogP contribution in [0.15, 0.2) is 36.4 Å². The van der Waals surface area contributed by atoms with Gasteiger partial charge in [-0.05, 0) is 60.7 Å². The number of carboxylic acid groups (broad SMARTS) is 1. The third kappa shape index (κ3) is 5.21. The molecule has 3 rings (SSSR count). The number of aliphatic carboxylic acids is 1. The van der Waals surface area contributed by atoms with Gasteiger partial charge in [0.1, 0.15) is 11.8 Å². The van der Waals surface area contributed by atoms with Crippen molar-refractivity contribution >= 4 is 35.1 Å². The molecule has 1 aliphatic rings. The summed E-state index contributed by atoms with van der Waals surface area (Å²) in [6.45, 7) is 1.70. The maximum absolute atomic E-state index is 12.6. The van der Waals surface area contributed by atoms with Crippen LogP contribution in [-0.4, -0.2) is 41.2 Å². The van der Waals surface area contributed by atoms with Gasteiger partial charge in [0.15, 0.2) is 0 Å². The van der Waals surface area contributed by atoms with Crippen LogP contribution < -0.4 is 10.6 Å². The topological polar surface area (TPSA) is 98.7 Å². The molecular weight excluding hydrogens is 415 g/mol. The van der Waals surface area contributed by atoms with Gasteiger partial charge >= 0.3 is 5.97 Å². The van der Waals surface area contributed by atoms with E-state index in [9.17, 15) is 19.8 Å². The van der Waals surface area contributed by atoms with E-state index in [2.05, 4.69) is 10.6 Å². The van der Waals surface area contributed by atoms with Gasteiger partial charge in [-0.15, -0.1) is 0 Å². The van der Waals surface area contributed by atoms with E-state index >= 15 is 0 Å². The van der Waals surface area contributed by atoms with E-state index < -0.39 is 17.9 Å². The number of nitrogens with one attached hydrogen (secondary N) is 2. The van der Waals surface area contributed by atoms with Gasteiger partial charge in [-0.1, -0.05) is 35.3 Å². The average molecular weight is 437 g/mol. The first-order chi connectivity index (χ1) is 13.9. The van der Waals surface area contributed by atoms with Gasteiger partial charge in [0.2, 0.25) is 0 Å². The number of amides is 1. The number of halogens is 2. The zero-order valence-electron chi connectivity index (χ0n) is 15.6. The van der Waals surface area contributed by atoms with Gasteiger partial charge in [-0.3, -0.25) is 4.79 Å². The molecule has 1 aliphatic heterocycles. The van der Waals surface area contributed by atoms with E-state index in [0.29, 0.717) is 0 Å². The van der Waals surface area contributed by atoms with E-state index in [1.165, 1.54) is 18.2 Å². The number of phenols is 1. The summed E-state index contributed by atoms with van der Waals surface area (Å²) in [4.78, 5) is 24.5. The summed E-state index contributed by atoms with van der Waals surface area (Å²) in [5.41, 5.74) is 1.72. The molecule has 0 bridgehead atoms. The molecule has 0 spiro atoms. The van der Waals surface area contributed by atoms with Crippen molar-refractivity contribution in [1.29, 1.82) is 0 Å². The van der Waals surface area contributed by atoms with E-state index in [1.54, 1.807) is 18.2 Å². The molecule has 4 N–H and O–H groups in total. The first kappa shape index (κ1) is 21.4. The zero-order chi connectivity index (χ0) is 21.0. The Labute approximate surface area is 178 Å². The first-order valence-electron chi connectivity index (χ1n) is 9.37. The molecule has 1 unspecified atom stereocenters. The lowest BCUT2D eigenvalue weighted by Crippen LogP contribution is -2.42. The molecule has 1 fully saturated rings. The summed E-state index contributed by atoms with van der Waals surface area (Å²) in [6, 6.07) is 8.40. The molecule has 0 aromatic heterocycles. The van der Waals surface area contributed by atoms with Crippen molar-refractivity contribution in [3.63, 3.8) is 0 Å². The smallest absolute Gasteiger partial charge is 0.326 e. The Morgan fingerprint density at radius 3 is 2.55 bits per heavy atom. The number of piperidine rings is 1. The minimum Gasteiger partial charge on any atom is -0.508 e. The summed E-state index contributed by atoms with van der Waals surface area (Å²) in [7, 11) is 0. The quantitative estimate of drug-likeness (QED) is 0.554. The predicted octanol–water partition coefficient (Wildman–Crippen LogP) is 3.59. The van der Waals surface area contributed by atoms with Crippen LogP contribution >= 0.6 is 23.2 Å². The maximum Gasteiger partial charge on any atom is 0.326 e. The molecule has 0 saturated carbocycles. The Morgan fingerprint density at radius 1 is 1.21 bits per heavy atom. The molecule has 2 aromatic rings. The number of phenolic OH excluding ortho intramolecular Hbond substituents is 1. The van der Waals surface area contributed by atoms with Gasteiger partial charge in [0.05, 0.1) is 15.6 Å². The molecule has 8 heteroatoms. The molecule has 29 heavy (non-hydrogen) atoms. The highest BCUT2D eigenvalue weighted by Crippen LogP contribution is 2.30. The predicted molar refractivity (Wildman–Crippen MR) is 112 cm³/mol. The van der Waals surface area contributed by atoms with Crippen LogP contribution in [0.25, 0.3) is 0 Å². The average Bonchev–Trinajstić information content (AvgIpc) is 2.69. The Bertz CT molecular complexity index is 893. The van der Waals surface area contributed by atoms with Crippen molar-refractivity contribution in [2.45, 2.75) is 31.2 Å². The Morgan fingerprint density at radius 2 is 1.93 bits per heavy atom. The van der Waals surface area contributed by atoms with E-state index in [-0.39, 0.29) is 33.7 Å². The fraction of sp³-hybridized carbons (Fsp3) is 0.333. The number of hydrogen-bond acceptors (Lipinski definition) is 4. The number of carbonyl (C=O) groups excluding carboxylic acids is 1. The standard InChI is InChI=1S/C21H22Cl2N2O4/c22-16-4-1-5-17(23)19(16)20(27)25-18(21(28)29)9-12-6-7-14(26)10-15(12)13-3-2-8-24-11-13/h1,4-7,10,13,18,24,26H,2-3,8-9,11H2,(H,25,27)(H,28,29)/t13?,18-/m0/s1. The van der Waals surface area contributed by atoms with Crippen LogP contribution in [0.2, 0.25) is 10.0 Å². The number of carboxylic acids is 1. The number of rotatable bonds is 6. The Kier molecular flexibility index (Phi) is 7.00. The molecule has 1 saturated heterocycles. The Hall–Kier alpha value is -2.28. The first-order valence-corrected chi connectivity index (χ1v) is 10.1. The van der Waals surface area contributed by atoms with Crippen LogP contribution in [0.5, 0.6) is 5.75 Å². The fourth-order valence-electron chi connectivity index (χ4n) is 3.63. The van der Waals surface area contributed by atoms with Crippen LogP contribution in [0.3, 0.4) is 0 Å². The number of benzene rings is 2. The highest BCUT2D eigenvalue weighted by Gasteiger charge is 2.26. The van der Waals surface area contributed by atoms with E-state index in [4.69, 9.17) is 23.2 Å².